The number of carbonyl (C=O) groups excluding carboxylic acids is 1. The van der Waals surface area contributed by atoms with Crippen LogP contribution in [0.3, 0.4) is 0 Å². The molecular weight excluding hydrogens is 292 g/mol. The minimum absolute atomic E-state index is 0.00950. The Morgan fingerprint density at radius 3 is 2.67 bits per heavy atom. The van der Waals surface area contributed by atoms with E-state index in [2.05, 4.69) is 33.5 Å². The lowest BCUT2D eigenvalue weighted by Crippen LogP contribution is -2.45. The summed E-state index contributed by atoms with van der Waals surface area (Å²) in [5, 5.41) is 6.13. The first-order valence-corrected chi connectivity index (χ1v) is 6.95. The Kier molecular flexibility index (Phi) is 5.20. The van der Waals surface area contributed by atoms with Crippen molar-refractivity contribution in [2.24, 2.45) is 0 Å². The first-order chi connectivity index (χ1) is 8.35. The third-order valence-corrected chi connectivity index (χ3v) is 4.05. The Bertz CT molecular complexity index is 430. The van der Waals surface area contributed by atoms with E-state index in [9.17, 15) is 4.79 Å². The van der Waals surface area contributed by atoms with Crippen LogP contribution in [0.25, 0.3) is 0 Å². The monoisotopic (exact) mass is 312 g/mol. The molecule has 1 aromatic carbocycles. The zero-order valence-electron chi connectivity index (χ0n) is 11.4. The lowest BCUT2D eigenvalue weighted by Gasteiger charge is -2.24. The number of halogens is 1. The van der Waals surface area contributed by atoms with Crippen molar-refractivity contribution in [3.8, 4) is 0 Å². The van der Waals surface area contributed by atoms with Crippen LogP contribution in [-0.4, -0.2) is 18.0 Å². The molecule has 0 aliphatic carbocycles. The molecule has 0 unspecified atom stereocenters. The fraction of sp³-hybridized carbons (Fsp3) is 0.500. The van der Waals surface area contributed by atoms with Crippen molar-refractivity contribution in [3.63, 3.8) is 0 Å². The topological polar surface area (TPSA) is 41.1 Å². The molecule has 18 heavy (non-hydrogen) atoms. The number of amides is 1. The molecule has 4 heteroatoms. The highest BCUT2D eigenvalue weighted by Crippen LogP contribution is 2.25. The van der Waals surface area contributed by atoms with E-state index in [1.165, 1.54) is 0 Å². The van der Waals surface area contributed by atoms with Crippen molar-refractivity contribution >= 4 is 27.5 Å². The van der Waals surface area contributed by atoms with Gasteiger partial charge in [0.25, 0.3) is 0 Å². The van der Waals surface area contributed by atoms with E-state index in [1.807, 2.05) is 39.0 Å². The number of benzene rings is 1. The quantitative estimate of drug-likeness (QED) is 0.874. The molecule has 0 saturated heterocycles. The fourth-order valence-electron chi connectivity index (χ4n) is 1.47. The minimum Gasteiger partial charge on any atom is -0.375 e. The maximum absolute atomic E-state index is 11.8. The van der Waals surface area contributed by atoms with Crippen LogP contribution in [0.4, 0.5) is 5.69 Å². The van der Waals surface area contributed by atoms with E-state index < -0.39 is 0 Å². The second-order valence-corrected chi connectivity index (χ2v) is 5.87. The van der Waals surface area contributed by atoms with Crippen molar-refractivity contribution in [2.75, 3.05) is 11.9 Å². The summed E-state index contributed by atoms with van der Waals surface area (Å²) >= 11 is 3.51. The van der Waals surface area contributed by atoms with Crippen LogP contribution in [0, 0.1) is 6.92 Å². The van der Waals surface area contributed by atoms with Gasteiger partial charge in [0.1, 0.15) is 0 Å². The van der Waals surface area contributed by atoms with Gasteiger partial charge in [-0.2, -0.15) is 0 Å². The molecule has 1 rings (SSSR count). The number of carbonyl (C=O) groups is 1. The van der Waals surface area contributed by atoms with E-state index in [0.29, 0.717) is 0 Å². The van der Waals surface area contributed by atoms with Gasteiger partial charge >= 0.3 is 0 Å². The van der Waals surface area contributed by atoms with Crippen LogP contribution in [0.1, 0.15) is 32.8 Å². The van der Waals surface area contributed by atoms with Gasteiger partial charge in [-0.05, 0) is 54.8 Å². The Morgan fingerprint density at radius 1 is 1.39 bits per heavy atom. The number of rotatable bonds is 5. The zero-order valence-corrected chi connectivity index (χ0v) is 13.0. The summed E-state index contributed by atoms with van der Waals surface area (Å²) in [7, 11) is 0. The second-order valence-electron chi connectivity index (χ2n) is 5.08. The molecule has 0 radical (unpaired) electrons. The lowest BCUT2D eigenvalue weighted by molar-refractivity contribution is -0.121. The maximum Gasteiger partial charge on any atom is 0.239 e. The van der Waals surface area contributed by atoms with E-state index in [4.69, 9.17) is 0 Å². The fourth-order valence-corrected chi connectivity index (χ4v) is 1.87. The van der Waals surface area contributed by atoms with Crippen LogP contribution in [0.15, 0.2) is 22.7 Å². The van der Waals surface area contributed by atoms with Gasteiger partial charge in [-0.15, -0.1) is 0 Å². The predicted octanol–water partition coefficient (Wildman–Crippen LogP) is 3.47. The smallest absolute Gasteiger partial charge is 0.239 e. The van der Waals surface area contributed by atoms with Gasteiger partial charge < -0.3 is 10.6 Å². The first-order valence-electron chi connectivity index (χ1n) is 6.15. The van der Waals surface area contributed by atoms with Crippen molar-refractivity contribution in [2.45, 2.75) is 39.7 Å². The summed E-state index contributed by atoms with van der Waals surface area (Å²) in [5.41, 5.74) is 1.94. The molecule has 0 fully saturated rings. The molecule has 2 N–H and O–H groups in total. The highest BCUT2D eigenvalue weighted by Gasteiger charge is 2.17. The van der Waals surface area contributed by atoms with Gasteiger partial charge in [0.15, 0.2) is 0 Å². The maximum atomic E-state index is 11.8. The Labute approximate surface area is 117 Å². The van der Waals surface area contributed by atoms with Gasteiger partial charge in [-0.25, -0.2) is 0 Å². The summed E-state index contributed by atoms with van der Waals surface area (Å²) in [6.45, 7) is 8.41. The van der Waals surface area contributed by atoms with Crippen molar-refractivity contribution < 1.29 is 4.79 Å². The zero-order chi connectivity index (χ0) is 13.8. The van der Waals surface area contributed by atoms with Crippen LogP contribution in [-0.2, 0) is 4.79 Å². The SMILES string of the molecule is CCC(C)(C)NC(=O)CNc1cccc(C)c1Br. The number of aryl methyl sites for hydroxylation is 1. The molecule has 0 spiro atoms. The summed E-state index contributed by atoms with van der Waals surface area (Å²) in [4.78, 5) is 11.8. The lowest BCUT2D eigenvalue weighted by atomic mass is 10.0. The van der Waals surface area contributed by atoms with Gasteiger partial charge in [0.2, 0.25) is 5.91 Å². The van der Waals surface area contributed by atoms with Crippen LogP contribution in [0.2, 0.25) is 0 Å². The van der Waals surface area contributed by atoms with Gasteiger partial charge in [-0.3, -0.25) is 4.79 Å². The van der Waals surface area contributed by atoms with E-state index >= 15 is 0 Å². The van der Waals surface area contributed by atoms with Crippen LogP contribution < -0.4 is 10.6 Å². The predicted molar refractivity (Wildman–Crippen MR) is 79.9 cm³/mol. The van der Waals surface area contributed by atoms with E-state index in [0.717, 1.165) is 22.1 Å². The van der Waals surface area contributed by atoms with Gasteiger partial charge in [0.05, 0.1) is 6.54 Å². The molecule has 0 atom stereocenters. The van der Waals surface area contributed by atoms with Crippen LogP contribution in [0.5, 0.6) is 0 Å². The summed E-state index contributed by atoms with van der Waals surface area (Å²) in [6, 6.07) is 5.95. The number of nitrogens with one attached hydrogen (secondary N) is 2. The van der Waals surface area contributed by atoms with Crippen LogP contribution >= 0.6 is 15.9 Å². The normalized spacial score (nSPS) is 11.2. The third kappa shape index (κ3) is 4.33. The minimum atomic E-state index is -0.150. The Hall–Kier alpha value is -1.03. The molecule has 0 aliphatic heterocycles. The van der Waals surface area contributed by atoms with Gasteiger partial charge in [0, 0.05) is 15.7 Å². The number of hydrogen-bond acceptors (Lipinski definition) is 2. The molecule has 0 aromatic heterocycles. The summed E-state index contributed by atoms with van der Waals surface area (Å²) in [5.74, 6) is 0.00950. The molecule has 0 bridgehead atoms. The molecule has 100 valence electrons. The second kappa shape index (κ2) is 6.23. The largest absolute Gasteiger partial charge is 0.375 e. The molecule has 1 amide bonds. The third-order valence-electron chi connectivity index (χ3n) is 2.99. The first kappa shape index (κ1) is 15.0. The number of hydrogen-bond donors (Lipinski definition) is 2. The number of anilines is 1. The molecule has 0 aliphatic rings. The van der Waals surface area contributed by atoms with Crippen molar-refractivity contribution in [3.05, 3.63) is 28.2 Å². The average molecular weight is 313 g/mol. The Morgan fingerprint density at radius 2 is 2.06 bits per heavy atom. The highest BCUT2D eigenvalue weighted by atomic mass is 79.9. The average Bonchev–Trinajstić information content (AvgIpc) is 2.30. The van der Waals surface area contributed by atoms with Crippen molar-refractivity contribution in [1.29, 1.82) is 0 Å². The standard InChI is InChI=1S/C14H21BrN2O/c1-5-14(3,4)17-12(18)9-16-11-8-6-7-10(2)13(11)15/h6-8,16H,5,9H2,1-4H3,(H,17,18). The molecule has 0 heterocycles. The Balaban J connectivity index is 2.56. The molecular formula is C14H21BrN2O. The summed E-state index contributed by atoms with van der Waals surface area (Å²) in [6.07, 6.45) is 0.910. The van der Waals surface area contributed by atoms with E-state index in [1.54, 1.807) is 0 Å². The highest BCUT2D eigenvalue weighted by molar-refractivity contribution is 9.10. The van der Waals surface area contributed by atoms with Gasteiger partial charge in [-0.1, -0.05) is 19.1 Å². The van der Waals surface area contributed by atoms with Crippen molar-refractivity contribution in [1.82, 2.24) is 5.32 Å². The molecule has 1 aromatic rings. The molecule has 3 nitrogen and oxygen atoms in total. The van der Waals surface area contributed by atoms with E-state index in [-0.39, 0.29) is 18.0 Å². The summed E-state index contributed by atoms with van der Waals surface area (Å²) < 4.78 is 1.01. The molecule has 0 saturated carbocycles.